The normalized spacial score (nSPS) is 9.35. The lowest BCUT2D eigenvalue weighted by Crippen LogP contribution is -1.88. The second kappa shape index (κ2) is 9.65. The summed E-state index contributed by atoms with van der Waals surface area (Å²) in [5.41, 5.74) is 0.460. The van der Waals surface area contributed by atoms with E-state index in [4.69, 9.17) is 39.5 Å². The van der Waals surface area contributed by atoms with E-state index in [-0.39, 0.29) is 0 Å². The van der Waals surface area contributed by atoms with Gasteiger partial charge in [-0.25, -0.2) is 0 Å². The first kappa shape index (κ1) is 16.8. The van der Waals surface area contributed by atoms with Gasteiger partial charge in [0.2, 0.25) is 0 Å². The van der Waals surface area contributed by atoms with Crippen molar-refractivity contribution in [1.29, 1.82) is 0 Å². The molecule has 2 aromatic carbocycles. The van der Waals surface area contributed by atoms with Gasteiger partial charge in [0.25, 0.3) is 5.24 Å². The van der Waals surface area contributed by atoms with E-state index in [1.165, 1.54) is 0 Å². The Bertz CT molecular complexity index is 510. The Morgan fingerprint density at radius 3 is 1.80 bits per heavy atom. The molecule has 0 aliphatic carbocycles. The van der Waals surface area contributed by atoms with Crippen LogP contribution in [-0.2, 0) is 0 Å². The standard InChI is InChI=1S/C13H9ClO2.C2H4Cl2/c14-13(15)10-6-8-12(9-7-10)16-11-4-2-1-3-5-11;3-1-2-4/h1-9H;1-2H2. The minimum Gasteiger partial charge on any atom is -0.457 e. The molecule has 0 aliphatic rings. The minimum atomic E-state index is -0.466. The van der Waals surface area contributed by atoms with Crippen molar-refractivity contribution in [3.8, 4) is 11.5 Å². The molecule has 0 saturated heterocycles. The quantitative estimate of drug-likeness (QED) is 0.559. The van der Waals surface area contributed by atoms with Gasteiger partial charge >= 0.3 is 0 Å². The molecule has 0 saturated carbocycles. The van der Waals surface area contributed by atoms with Gasteiger partial charge in [-0.2, -0.15) is 0 Å². The van der Waals surface area contributed by atoms with Gasteiger partial charge < -0.3 is 4.74 Å². The average molecular weight is 332 g/mol. The van der Waals surface area contributed by atoms with Gasteiger partial charge in [-0.15, -0.1) is 23.2 Å². The molecule has 20 heavy (non-hydrogen) atoms. The molecule has 106 valence electrons. The maximum absolute atomic E-state index is 10.8. The van der Waals surface area contributed by atoms with E-state index < -0.39 is 5.24 Å². The van der Waals surface area contributed by atoms with Crippen LogP contribution in [0.15, 0.2) is 54.6 Å². The van der Waals surface area contributed by atoms with E-state index in [1.807, 2.05) is 30.3 Å². The molecule has 2 rings (SSSR count). The summed E-state index contributed by atoms with van der Waals surface area (Å²) in [6.07, 6.45) is 0. The lowest BCUT2D eigenvalue weighted by atomic mass is 10.2. The molecule has 2 aromatic rings. The van der Waals surface area contributed by atoms with Crippen molar-refractivity contribution in [1.82, 2.24) is 0 Å². The van der Waals surface area contributed by atoms with Crippen molar-refractivity contribution in [2.45, 2.75) is 0 Å². The molecule has 0 bridgehead atoms. The molecule has 0 radical (unpaired) electrons. The number of carbonyl (C=O) groups is 1. The Morgan fingerprint density at radius 2 is 1.35 bits per heavy atom. The number of ether oxygens (including phenoxy) is 1. The SMILES string of the molecule is ClCCCl.O=C(Cl)c1ccc(Oc2ccccc2)cc1. The van der Waals surface area contributed by atoms with Gasteiger partial charge in [-0.05, 0) is 48.0 Å². The van der Waals surface area contributed by atoms with Crippen LogP contribution in [0.2, 0.25) is 0 Å². The summed E-state index contributed by atoms with van der Waals surface area (Å²) in [5.74, 6) is 2.55. The van der Waals surface area contributed by atoms with Crippen LogP contribution in [0.1, 0.15) is 10.4 Å². The van der Waals surface area contributed by atoms with Gasteiger partial charge in [0.05, 0.1) is 0 Å². The number of para-hydroxylation sites is 1. The molecule has 0 aliphatic heterocycles. The summed E-state index contributed by atoms with van der Waals surface area (Å²) in [6.45, 7) is 0. The van der Waals surface area contributed by atoms with Crippen LogP contribution in [0.5, 0.6) is 11.5 Å². The van der Waals surface area contributed by atoms with Crippen molar-refractivity contribution in [2.24, 2.45) is 0 Å². The van der Waals surface area contributed by atoms with E-state index in [0.717, 1.165) is 5.75 Å². The molecule has 2 nitrogen and oxygen atoms in total. The molecule has 0 unspecified atom stereocenters. The lowest BCUT2D eigenvalue weighted by molar-refractivity contribution is 0.108. The molecule has 0 amide bonds. The zero-order valence-electron chi connectivity index (χ0n) is 10.6. The molecular formula is C15H13Cl3O2. The van der Waals surface area contributed by atoms with Crippen molar-refractivity contribution in [3.05, 3.63) is 60.2 Å². The Hall–Kier alpha value is -1.22. The molecule has 0 fully saturated rings. The van der Waals surface area contributed by atoms with Crippen molar-refractivity contribution >= 4 is 40.0 Å². The van der Waals surface area contributed by atoms with Crippen molar-refractivity contribution in [2.75, 3.05) is 11.8 Å². The third kappa shape index (κ3) is 6.29. The number of rotatable bonds is 4. The first-order valence-corrected chi connectivity index (χ1v) is 7.26. The Labute approximate surface area is 133 Å². The average Bonchev–Trinajstić information content (AvgIpc) is 2.49. The molecule has 0 atom stereocenters. The van der Waals surface area contributed by atoms with Crippen LogP contribution in [0.4, 0.5) is 0 Å². The first-order chi connectivity index (χ1) is 9.67. The van der Waals surface area contributed by atoms with Gasteiger partial charge in [0, 0.05) is 17.3 Å². The molecule has 0 heterocycles. The second-order valence-corrected chi connectivity index (χ2v) is 4.69. The largest absolute Gasteiger partial charge is 0.457 e. The molecule has 0 N–H and O–H groups in total. The fraction of sp³-hybridized carbons (Fsp3) is 0.133. The van der Waals surface area contributed by atoms with Crippen molar-refractivity contribution < 1.29 is 9.53 Å². The van der Waals surface area contributed by atoms with Crippen LogP contribution in [0.3, 0.4) is 0 Å². The van der Waals surface area contributed by atoms with E-state index >= 15 is 0 Å². The minimum absolute atomic E-state index is 0.460. The topological polar surface area (TPSA) is 26.3 Å². The summed E-state index contributed by atoms with van der Waals surface area (Å²) in [7, 11) is 0. The van der Waals surface area contributed by atoms with Crippen molar-refractivity contribution in [3.63, 3.8) is 0 Å². The summed E-state index contributed by atoms with van der Waals surface area (Å²) in [4.78, 5) is 10.8. The predicted octanol–water partition coefficient (Wildman–Crippen LogP) is 5.32. The molecule has 0 spiro atoms. The second-order valence-electron chi connectivity index (χ2n) is 3.59. The highest BCUT2D eigenvalue weighted by Crippen LogP contribution is 2.21. The fourth-order valence-electron chi connectivity index (χ4n) is 1.28. The number of alkyl halides is 2. The summed E-state index contributed by atoms with van der Waals surface area (Å²) < 4.78 is 5.56. The fourth-order valence-corrected chi connectivity index (χ4v) is 1.40. The zero-order chi connectivity index (χ0) is 14.8. The summed E-state index contributed by atoms with van der Waals surface area (Å²) in [6, 6.07) is 16.1. The van der Waals surface area contributed by atoms with Crippen LogP contribution < -0.4 is 4.74 Å². The van der Waals surface area contributed by atoms with Gasteiger partial charge in [-0.3, -0.25) is 4.79 Å². The lowest BCUT2D eigenvalue weighted by Gasteiger charge is -2.05. The molecular weight excluding hydrogens is 319 g/mol. The van der Waals surface area contributed by atoms with E-state index in [2.05, 4.69) is 0 Å². The Kier molecular flexibility index (Phi) is 8.12. The third-order valence-electron chi connectivity index (χ3n) is 2.13. The highest BCUT2D eigenvalue weighted by atomic mass is 35.5. The van der Waals surface area contributed by atoms with Crippen LogP contribution in [0, 0.1) is 0 Å². The van der Waals surface area contributed by atoms with Gasteiger partial charge in [0.15, 0.2) is 0 Å². The molecule has 0 aromatic heterocycles. The summed E-state index contributed by atoms with van der Waals surface area (Å²) in [5, 5.41) is -0.466. The maximum Gasteiger partial charge on any atom is 0.252 e. The number of hydrogen-bond acceptors (Lipinski definition) is 2. The first-order valence-electron chi connectivity index (χ1n) is 5.82. The zero-order valence-corrected chi connectivity index (χ0v) is 12.8. The van der Waals surface area contributed by atoms with Crippen LogP contribution in [0.25, 0.3) is 0 Å². The summed E-state index contributed by atoms with van der Waals surface area (Å²) >= 11 is 15.4. The Morgan fingerprint density at radius 1 is 0.850 bits per heavy atom. The highest BCUT2D eigenvalue weighted by Gasteiger charge is 2.01. The van der Waals surface area contributed by atoms with Gasteiger partial charge in [-0.1, -0.05) is 18.2 Å². The Balaban J connectivity index is 0.000000444. The van der Waals surface area contributed by atoms with E-state index in [1.54, 1.807) is 24.3 Å². The predicted molar refractivity (Wildman–Crippen MR) is 84.6 cm³/mol. The third-order valence-corrected chi connectivity index (χ3v) is 2.92. The monoisotopic (exact) mass is 330 g/mol. The smallest absolute Gasteiger partial charge is 0.252 e. The van der Waals surface area contributed by atoms with Crippen LogP contribution in [-0.4, -0.2) is 17.0 Å². The van der Waals surface area contributed by atoms with E-state index in [9.17, 15) is 4.79 Å². The number of benzene rings is 2. The van der Waals surface area contributed by atoms with Crippen LogP contribution >= 0.6 is 34.8 Å². The van der Waals surface area contributed by atoms with Gasteiger partial charge in [0.1, 0.15) is 11.5 Å². The molecule has 5 heteroatoms. The van der Waals surface area contributed by atoms with E-state index in [0.29, 0.717) is 23.1 Å². The number of hydrogen-bond donors (Lipinski definition) is 0. The number of halogens is 3. The number of carbonyl (C=O) groups excluding carboxylic acids is 1. The maximum atomic E-state index is 10.8. The highest BCUT2D eigenvalue weighted by molar-refractivity contribution is 6.67.